The third-order valence-corrected chi connectivity index (χ3v) is 20.0. The number of carbonyl (C=O) groups excluding carboxylic acids is 2. The lowest BCUT2D eigenvalue weighted by Crippen LogP contribution is -2.28. The van der Waals surface area contributed by atoms with Gasteiger partial charge in [-0.3, -0.25) is 29.2 Å². The molecule has 113 heavy (non-hydrogen) atoms. The zero-order valence-corrected chi connectivity index (χ0v) is 65.5. The Morgan fingerprint density at radius 2 is 0.584 bits per heavy atom. The van der Waals surface area contributed by atoms with Crippen LogP contribution in [-0.2, 0) is 106 Å². The first-order chi connectivity index (χ1) is 55.3. The first-order valence-corrected chi connectivity index (χ1v) is 38.9. The Morgan fingerprint density at radius 3 is 0.929 bits per heavy atom. The summed E-state index contributed by atoms with van der Waals surface area (Å²) in [5.74, 6) is 0.398. The molecule has 0 aromatic heterocycles. The summed E-state index contributed by atoms with van der Waals surface area (Å²) in [5, 5.41) is 0. The van der Waals surface area contributed by atoms with E-state index in [1.54, 1.807) is 23.3 Å². The molecule has 0 aliphatic heterocycles. The van der Waals surface area contributed by atoms with Crippen molar-refractivity contribution in [2.24, 2.45) is 0 Å². The Bertz CT molecular complexity index is 4820. The third kappa shape index (κ3) is 27.8. The van der Waals surface area contributed by atoms with Gasteiger partial charge in [-0.1, -0.05) is 285 Å². The van der Waals surface area contributed by atoms with Crippen molar-refractivity contribution in [2.45, 2.75) is 104 Å². The summed E-state index contributed by atoms with van der Waals surface area (Å²) in [6, 6.07) is 118. The Hall–Kier alpha value is -11.9. The van der Waals surface area contributed by atoms with Crippen LogP contribution in [0.15, 0.2) is 346 Å². The van der Waals surface area contributed by atoms with E-state index in [1.165, 1.54) is 111 Å². The van der Waals surface area contributed by atoms with Crippen LogP contribution < -0.4 is 14.5 Å². The van der Waals surface area contributed by atoms with Gasteiger partial charge >= 0.3 is 0 Å². The zero-order chi connectivity index (χ0) is 78.6. The minimum atomic E-state index is -0.228. The molecule has 0 bridgehead atoms. The van der Waals surface area contributed by atoms with Gasteiger partial charge in [0.2, 0.25) is 0 Å². The summed E-state index contributed by atoms with van der Waals surface area (Å²) in [6.07, 6.45) is 3.81. The van der Waals surface area contributed by atoms with Crippen LogP contribution in [0, 0.1) is 11.6 Å². The highest BCUT2D eigenvalue weighted by Crippen LogP contribution is 2.30. The maximum absolute atomic E-state index is 13.2. The normalized spacial score (nSPS) is 11.4. The van der Waals surface area contributed by atoms with Gasteiger partial charge in [0, 0.05) is 124 Å². The quantitative estimate of drug-likeness (QED) is 0.0372. The molecule has 576 valence electrons. The maximum atomic E-state index is 13.2. The van der Waals surface area contributed by atoms with E-state index in [1.807, 2.05) is 97.1 Å². The van der Waals surface area contributed by atoms with Crippen molar-refractivity contribution in [1.82, 2.24) is 19.6 Å². The van der Waals surface area contributed by atoms with Gasteiger partial charge in [-0.25, -0.2) is 8.78 Å². The molecular formula is C101H104F2N6O4. The summed E-state index contributed by atoms with van der Waals surface area (Å²) in [4.78, 5) is 34.7. The van der Waals surface area contributed by atoms with Gasteiger partial charge in [0.05, 0.1) is 0 Å². The number of hydrogen-bond acceptors (Lipinski definition) is 10. The van der Waals surface area contributed by atoms with Crippen LogP contribution >= 0.6 is 0 Å². The minimum Gasteiger partial charge on any atom is -0.463 e. The van der Waals surface area contributed by atoms with E-state index in [0.717, 1.165) is 94.2 Å². The van der Waals surface area contributed by atoms with E-state index in [-0.39, 0.29) is 18.2 Å². The van der Waals surface area contributed by atoms with E-state index in [0.29, 0.717) is 31.2 Å². The number of nitrogens with zero attached hydrogens (tertiary/aromatic N) is 6. The Labute approximate surface area is 668 Å². The van der Waals surface area contributed by atoms with Crippen molar-refractivity contribution in [3.8, 4) is 5.75 Å². The molecule has 0 saturated carbocycles. The number of rotatable bonds is 33. The summed E-state index contributed by atoms with van der Waals surface area (Å²) in [5.41, 5.74) is 23.0. The first-order valence-electron chi connectivity index (χ1n) is 38.9. The zero-order valence-electron chi connectivity index (χ0n) is 65.5. The maximum Gasteiger partial charge on any atom is 0.298 e. The average Bonchev–Trinajstić information content (AvgIpc) is 1.83. The van der Waals surface area contributed by atoms with Crippen LogP contribution in [0.1, 0.15) is 101 Å². The minimum absolute atomic E-state index is 0.221. The van der Waals surface area contributed by atoms with E-state index in [9.17, 15) is 18.4 Å². The molecule has 13 aromatic carbocycles. The lowest BCUT2D eigenvalue weighted by Gasteiger charge is -2.29. The second kappa shape index (κ2) is 44.2. The van der Waals surface area contributed by atoms with Crippen LogP contribution in [-0.4, -0.2) is 67.3 Å². The summed E-state index contributed by atoms with van der Waals surface area (Å²) < 4.78 is 36.0. The molecule has 14 rings (SSSR count). The number of benzene rings is 13. The van der Waals surface area contributed by atoms with Gasteiger partial charge in [0.25, 0.3) is 12.9 Å². The van der Waals surface area contributed by atoms with Crippen molar-refractivity contribution >= 4 is 24.3 Å². The first kappa shape index (κ1) is 82.1. The highest BCUT2D eigenvalue weighted by Gasteiger charge is 2.21. The van der Waals surface area contributed by atoms with E-state index >= 15 is 0 Å². The van der Waals surface area contributed by atoms with Gasteiger partial charge in [0.1, 0.15) is 24.0 Å². The lowest BCUT2D eigenvalue weighted by molar-refractivity contribution is -0.129. The standard InChI is InChI=1S/C30H32N2.C26H30N2.C23H22FNO2.C22H20FNO2/c1-31(2)29-20-18-26(19-21-29)23-32(22-25-12-6-3-7-13-25)24-30(27-14-8-4-9-15-27)28-16-10-5-11-17-28;1-27(2)26-15-12-22(13-16-26)19-28(18-21-7-4-3-5-8-21)20-23-11-14-24-9-6-10-25(24)17-23;24-23-12-10-21(11-13-23)16-25(14-19-4-2-1-3-5-19)15-20-6-8-22(9-7-20)17-27-18-26;23-21-10-6-19(7-11-21)15-24(14-18-4-2-1-3-5-18)16-20-8-12-22(13-9-20)26-17-25/h3-21,30H,22-24H2,1-2H3;3-5,7-8,11-17H,6,9-10,18-20H2,1-2H3;1-13,18H,14-17H2;1-13,17H,14-16H2. The Balaban J connectivity index is 0.000000149. The molecule has 0 amide bonds. The van der Waals surface area contributed by atoms with Gasteiger partial charge in [0.15, 0.2) is 0 Å². The van der Waals surface area contributed by atoms with Crippen molar-refractivity contribution < 1.29 is 27.8 Å². The molecule has 0 radical (unpaired) electrons. The molecular weight excluding hydrogens is 1400 g/mol. The molecule has 0 heterocycles. The molecule has 0 N–H and O–H groups in total. The van der Waals surface area contributed by atoms with Crippen LogP contribution in [0.25, 0.3) is 0 Å². The largest absolute Gasteiger partial charge is 0.463 e. The highest BCUT2D eigenvalue weighted by molar-refractivity contribution is 5.48. The fraction of sp³-hybridized carbons (Fsp3) is 0.208. The molecule has 12 heteroatoms. The summed E-state index contributed by atoms with van der Waals surface area (Å²) in [7, 11) is 8.34. The smallest absolute Gasteiger partial charge is 0.298 e. The van der Waals surface area contributed by atoms with Crippen molar-refractivity contribution in [2.75, 3.05) is 44.5 Å². The molecule has 0 atom stereocenters. The predicted octanol–water partition coefficient (Wildman–Crippen LogP) is 21.3. The lowest BCUT2D eigenvalue weighted by atomic mass is 9.90. The van der Waals surface area contributed by atoms with Gasteiger partial charge in [-0.05, 0) is 169 Å². The monoisotopic (exact) mass is 1500 g/mol. The Morgan fingerprint density at radius 1 is 0.301 bits per heavy atom. The van der Waals surface area contributed by atoms with Crippen molar-refractivity contribution in [3.05, 3.63) is 446 Å². The number of hydrogen-bond donors (Lipinski definition) is 0. The SMILES string of the molecule is CN(C)c1ccc(CN(Cc2ccccc2)CC(c2ccccc2)c2ccccc2)cc1.CN(C)c1ccc(CN(Cc2ccccc2)Cc2ccc3c(c2)CCC3)cc1.O=COCc1ccc(CN(Cc2ccccc2)Cc2ccc(F)cc2)cc1.O=COc1ccc(CN(Cc2ccccc2)Cc2ccc(F)cc2)cc1. The summed E-state index contributed by atoms with van der Waals surface area (Å²) in [6.45, 7) is 11.4. The molecule has 0 fully saturated rings. The summed E-state index contributed by atoms with van der Waals surface area (Å²) >= 11 is 0. The van der Waals surface area contributed by atoms with Crippen LogP contribution in [0.3, 0.4) is 0 Å². The predicted molar refractivity (Wildman–Crippen MR) is 457 cm³/mol. The second-order valence-corrected chi connectivity index (χ2v) is 29.3. The number of carbonyl (C=O) groups is 2. The fourth-order valence-corrected chi connectivity index (χ4v) is 14.2. The van der Waals surface area contributed by atoms with Crippen LogP contribution in [0.4, 0.5) is 20.2 Å². The number of anilines is 2. The molecule has 0 saturated heterocycles. The third-order valence-electron chi connectivity index (χ3n) is 20.0. The highest BCUT2D eigenvalue weighted by atomic mass is 19.1. The molecule has 1 aliphatic rings. The van der Waals surface area contributed by atoms with Crippen molar-refractivity contribution in [1.29, 1.82) is 0 Å². The van der Waals surface area contributed by atoms with Crippen LogP contribution in [0.5, 0.6) is 5.75 Å². The molecule has 13 aromatic rings. The fourth-order valence-electron chi connectivity index (χ4n) is 14.2. The number of ether oxygens (including phenoxy) is 2. The topological polar surface area (TPSA) is 72.0 Å². The Kier molecular flexibility index (Phi) is 32.1. The van der Waals surface area contributed by atoms with Gasteiger partial charge in [-0.15, -0.1) is 0 Å². The van der Waals surface area contributed by atoms with E-state index in [4.69, 9.17) is 9.47 Å². The average molecular weight is 1500 g/mol. The molecule has 10 nitrogen and oxygen atoms in total. The molecule has 0 unspecified atom stereocenters. The molecule has 1 aliphatic carbocycles. The number of halogens is 2. The van der Waals surface area contributed by atoms with E-state index < -0.39 is 0 Å². The van der Waals surface area contributed by atoms with Crippen molar-refractivity contribution in [3.63, 3.8) is 0 Å². The van der Waals surface area contributed by atoms with Crippen LogP contribution in [0.2, 0.25) is 0 Å². The van der Waals surface area contributed by atoms with Gasteiger partial charge in [-0.2, -0.15) is 0 Å². The van der Waals surface area contributed by atoms with E-state index in [2.05, 4.69) is 270 Å². The van der Waals surface area contributed by atoms with Gasteiger partial charge < -0.3 is 19.3 Å². The second-order valence-electron chi connectivity index (χ2n) is 29.3. The number of fused-ring (bicyclic) bond motifs is 1. The number of aryl methyl sites for hydroxylation is 2. The molecule has 0 spiro atoms.